The summed E-state index contributed by atoms with van der Waals surface area (Å²) in [5, 5.41) is 4.12. The molecule has 1 fully saturated rings. The summed E-state index contributed by atoms with van der Waals surface area (Å²) in [6.07, 6.45) is 3.46. The molecule has 1 aliphatic heterocycles. The molecule has 0 radical (unpaired) electrons. The molecule has 0 bridgehead atoms. The number of carbonyl (C=O) groups is 1. The first-order valence-electron chi connectivity index (χ1n) is 8.77. The van der Waals surface area contributed by atoms with Crippen molar-refractivity contribution in [2.24, 2.45) is 0 Å². The van der Waals surface area contributed by atoms with E-state index >= 15 is 0 Å². The van der Waals surface area contributed by atoms with Crippen LogP contribution >= 0.6 is 0 Å². The van der Waals surface area contributed by atoms with E-state index in [4.69, 9.17) is 4.52 Å². The SMILES string of the molecule is Cc1ncc(C(=O)N2CCC[C@H]2c2cc(C)on2)c(-c2ccccc2)n1. The van der Waals surface area contributed by atoms with Crippen LogP contribution in [0.2, 0.25) is 0 Å². The number of carbonyl (C=O) groups excluding carboxylic acids is 1. The zero-order valence-electron chi connectivity index (χ0n) is 14.8. The minimum Gasteiger partial charge on any atom is -0.361 e. The third-order valence-corrected chi connectivity index (χ3v) is 4.69. The molecule has 0 N–H and O–H groups in total. The number of nitrogens with zero attached hydrogens (tertiary/aromatic N) is 4. The maximum Gasteiger partial charge on any atom is 0.258 e. The van der Waals surface area contributed by atoms with Gasteiger partial charge in [0.05, 0.1) is 17.3 Å². The number of aryl methyl sites for hydroxylation is 2. The number of hydrogen-bond donors (Lipinski definition) is 0. The Kier molecular flexibility index (Phi) is 4.24. The molecule has 3 aromatic rings. The van der Waals surface area contributed by atoms with Crippen molar-refractivity contribution < 1.29 is 9.32 Å². The number of rotatable bonds is 3. The van der Waals surface area contributed by atoms with Gasteiger partial charge in [-0.15, -0.1) is 0 Å². The zero-order chi connectivity index (χ0) is 18.1. The first kappa shape index (κ1) is 16.4. The molecule has 4 rings (SSSR count). The molecule has 6 nitrogen and oxygen atoms in total. The van der Waals surface area contributed by atoms with E-state index in [-0.39, 0.29) is 11.9 Å². The van der Waals surface area contributed by atoms with Crippen molar-refractivity contribution in [3.8, 4) is 11.3 Å². The Labute approximate surface area is 151 Å². The van der Waals surface area contributed by atoms with Crippen LogP contribution < -0.4 is 0 Å². The van der Waals surface area contributed by atoms with Gasteiger partial charge >= 0.3 is 0 Å². The lowest BCUT2D eigenvalue weighted by molar-refractivity contribution is 0.0731. The number of benzene rings is 1. The van der Waals surface area contributed by atoms with E-state index in [2.05, 4.69) is 15.1 Å². The van der Waals surface area contributed by atoms with Crippen LogP contribution in [0.3, 0.4) is 0 Å². The molecular weight excluding hydrogens is 328 g/mol. The molecule has 1 aliphatic rings. The van der Waals surface area contributed by atoms with E-state index in [0.29, 0.717) is 23.6 Å². The Morgan fingerprint density at radius 3 is 2.77 bits per heavy atom. The van der Waals surface area contributed by atoms with Crippen molar-refractivity contribution in [1.29, 1.82) is 0 Å². The topological polar surface area (TPSA) is 72.1 Å². The predicted molar refractivity (Wildman–Crippen MR) is 96.5 cm³/mol. The van der Waals surface area contributed by atoms with E-state index in [0.717, 1.165) is 29.9 Å². The molecule has 132 valence electrons. The summed E-state index contributed by atoms with van der Waals surface area (Å²) >= 11 is 0. The summed E-state index contributed by atoms with van der Waals surface area (Å²) < 4.78 is 5.21. The highest BCUT2D eigenvalue weighted by molar-refractivity contribution is 6.00. The van der Waals surface area contributed by atoms with Crippen LogP contribution in [-0.4, -0.2) is 32.5 Å². The molecular formula is C20H20N4O2. The van der Waals surface area contributed by atoms with Crippen LogP contribution in [0, 0.1) is 13.8 Å². The second-order valence-corrected chi connectivity index (χ2v) is 6.56. The minimum atomic E-state index is -0.0649. The third-order valence-electron chi connectivity index (χ3n) is 4.69. The average molecular weight is 348 g/mol. The van der Waals surface area contributed by atoms with Gasteiger partial charge < -0.3 is 9.42 Å². The lowest BCUT2D eigenvalue weighted by atomic mass is 10.1. The van der Waals surface area contributed by atoms with Gasteiger partial charge in [0.15, 0.2) is 0 Å². The molecule has 2 aromatic heterocycles. The van der Waals surface area contributed by atoms with Gasteiger partial charge in [-0.2, -0.15) is 0 Å². The maximum atomic E-state index is 13.3. The highest BCUT2D eigenvalue weighted by Crippen LogP contribution is 2.34. The van der Waals surface area contributed by atoms with Gasteiger partial charge in [0.2, 0.25) is 0 Å². The van der Waals surface area contributed by atoms with E-state index in [1.165, 1.54) is 0 Å². The molecule has 0 unspecified atom stereocenters. The first-order chi connectivity index (χ1) is 12.6. The van der Waals surface area contributed by atoms with Gasteiger partial charge in [-0.25, -0.2) is 9.97 Å². The molecule has 3 heterocycles. The number of amides is 1. The molecule has 26 heavy (non-hydrogen) atoms. The van der Waals surface area contributed by atoms with Crippen molar-refractivity contribution in [2.75, 3.05) is 6.54 Å². The molecule has 6 heteroatoms. The second kappa shape index (κ2) is 6.71. The third kappa shape index (κ3) is 2.98. The maximum absolute atomic E-state index is 13.3. The fourth-order valence-corrected chi connectivity index (χ4v) is 3.46. The van der Waals surface area contributed by atoms with Crippen LogP contribution in [0.5, 0.6) is 0 Å². The highest BCUT2D eigenvalue weighted by Gasteiger charge is 2.34. The van der Waals surface area contributed by atoms with Gasteiger partial charge in [0.25, 0.3) is 5.91 Å². The average Bonchev–Trinajstić information content (AvgIpc) is 3.30. The van der Waals surface area contributed by atoms with Crippen LogP contribution in [0.4, 0.5) is 0 Å². The van der Waals surface area contributed by atoms with Crippen molar-refractivity contribution in [3.05, 3.63) is 65.4 Å². The first-order valence-corrected chi connectivity index (χ1v) is 8.77. The Morgan fingerprint density at radius 2 is 2.04 bits per heavy atom. The summed E-state index contributed by atoms with van der Waals surface area (Å²) in [7, 11) is 0. The molecule has 0 aliphatic carbocycles. The molecule has 1 amide bonds. The predicted octanol–water partition coefficient (Wildman–Crippen LogP) is 3.73. The van der Waals surface area contributed by atoms with E-state index in [1.807, 2.05) is 55.1 Å². The van der Waals surface area contributed by atoms with Gasteiger partial charge in [-0.3, -0.25) is 4.79 Å². The van der Waals surface area contributed by atoms with E-state index < -0.39 is 0 Å². The van der Waals surface area contributed by atoms with Crippen molar-refractivity contribution in [3.63, 3.8) is 0 Å². The molecule has 0 spiro atoms. The Hall–Kier alpha value is -3.02. The monoisotopic (exact) mass is 348 g/mol. The van der Waals surface area contributed by atoms with Crippen molar-refractivity contribution in [1.82, 2.24) is 20.0 Å². The van der Waals surface area contributed by atoms with E-state index in [9.17, 15) is 4.79 Å². The standard InChI is InChI=1S/C20H20N4O2/c1-13-11-17(23-26-13)18-9-6-10-24(18)20(25)16-12-21-14(2)22-19(16)15-7-4-3-5-8-15/h3-5,7-8,11-12,18H,6,9-10H2,1-2H3/t18-/m0/s1. The Morgan fingerprint density at radius 1 is 1.23 bits per heavy atom. The van der Waals surface area contributed by atoms with Gasteiger partial charge in [-0.05, 0) is 26.7 Å². The zero-order valence-corrected chi connectivity index (χ0v) is 14.8. The minimum absolute atomic E-state index is 0.0630. The number of hydrogen-bond acceptors (Lipinski definition) is 5. The fourth-order valence-electron chi connectivity index (χ4n) is 3.46. The Balaban J connectivity index is 1.72. The summed E-state index contributed by atoms with van der Waals surface area (Å²) in [5.74, 6) is 1.33. The molecule has 1 saturated heterocycles. The van der Waals surface area contributed by atoms with Gasteiger partial charge in [0, 0.05) is 24.4 Å². The van der Waals surface area contributed by atoms with Crippen LogP contribution in [0.25, 0.3) is 11.3 Å². The van der Waals surface area contributed by atoms with Crippen LogP contribution in [-0.2, 0) is 0 Å². The summed E-state index contributed by atoms with van der Waals surface area (Å²) in [6.45, 7) is 4.38. The smallest absolute Gasteiger partial charge is 0.258 e. The van der Waals surface area contributed by atoms with Crippen LogP contribution in [0.1, 0.15) is 46.5 Å². The summed E-state index contributed by atoms with van der Waals surface area (Å²) in [6, 6.07) is 11.6. The van der Waals surface area contributed by atoms with Gasteiger partial charge in [0.1, 0.15) is 17.3 Å². The summed E-state index contributed by atoms with van der Waals surface area (Å²) in [5.41, 5.74) is 2.91. The largest absolute Gasteiger partial charge is 0.361 e. The molecule has 0 saturated carbocycles. The lowest BCUT2D eigenvalue weighted by Crippen LogP contribution is -2.31. The Bertz CT molecular complexity index is 936. The normalized spacial score (nSPS) is 16.8. The van der Waals surface area contributed by atoms with Gasteiger partial charge in [-0.1, -0.05) is 35.5 Å². The number of aromatic nitrogens is 3. The quantitative estimate of drug-likeness (QED) is 0.721. The lowest BCUT2D eigenvalue weighted by Gasteiger charge is -2.24. The van der Waals surface area contributed by atoms with E-state index in [1.54, 1.807) is 6.20 Å². The van der Waals surface area contributed by atoms with Crippen LogP contribution in [0.15, 0.2) is 47.1 Å². The van der Waals surface area contributed by atoms with Crippen molar-refractivity contribution >= 4 is 5.91 Å². The highest BCUT2D eigenvalue weighted by atomic mass is 16.5. The molecule has 1 atom stereocenters. The number of likely N-dealkylation sites (tertiary alicyclic amines) is 1. The second-order valence-electron chi connectivity index (χ2n) is 6.56. The summed E-state index contributed by atoms with van der Waals surface area (Å²) in [4.78, 5) is 24.0. The van der Waals surface area contributed by atoms with Crippen molar-refractivity contribution in [2.45, 2.75) is 32.7 Å². The molecule has 1 aromatic carbocycles. The fraction of sp³-hybridized carbons (Fsp3) is 0.300.